The molecule has 0 fully saturated rings. The van der Waals surface area contributed by atoms with E-state index in [1.54, 1.807) is 23.3 Å². The number of rotatable bonds is 7. The lowest BCUT2D eigenvalue weighted by Crippen LogP contribution is -2.24. The fourth-order valence-electron chi connectivity index (χ4n) is 2.62. The molecule has 0 aromatic carbocycles. The van der Waals surface area contributed by atoms with Crippen molar-refractivity contribution in [3.05, 3.63) is 30.7 Å². The Bertz CT molecular complexity index is 801. The lowest BCUT2D eigenvalue weighted by molar-refractivity contribution is 0.267. The SMILES string of the molecule is CCCCC(CO)Nc1nc(-c2ccncc2)nc2c1cnn2C. The van der Waals surface area contributed by atoms with E-state index in [4.69, 9.17) is 0 Å². The highest BCUT2D eigenvalue weighted by Crippen LogP contribution is 2.25. The zero-order valence-electron chi connectivity index (χ0n) is 14.0. The molecule has 1 unspecified atom stereocenters. The molecule has 1 atom stereocenters. The minimum absolute atomic E-state index is 0.0338. The van der Waals surface area contributed by atoms with Crippen molar-refractivity contribution in [2.75, 3.05) is 11.9 Å². The van der Waals surface area contributed by atoms with E-state index in [2.05, 4.69) is 32.3 Å². The van der Waals surface area contributed by atoms with Gasteiger partial charge in [-0.15, -0.1) is 0 Å². The number of unbranched alkanes of at least 4 members (excludes halogenated alkanes) is 1. The molecule has 0 saturated heterocycles. The van der Waals surface area contributed by atoms with E-state index in [1.807, 2.05) is 19.2 Å². The van der Waals surface area contributed by atoms with E-state index < -0.39 is 0 Å². The Balaban J connectivity index is 2.02. The molecule has 0 aliphatic carbocycles. The molecule has 24 heavy (non-hydrogen) atoms. The van der Waals surface area contributed by atoms with Gasteiger partial charge in [0.1, 0.15) is 5.82 Å². The van der Waals surface area contributed by atoms with Crippen LogP contribution in [0, 0.1) is 0 Å². The summed E-state index contributed by atoms with van der Waals surface area (Å²) in [5.74, 6) is 1.32. The quantitative estimate of drug-likeness (QED) is 0.693. The van der Waals surface area contributed by atoms with E-state index in [0.29, 0.717) is 11.6 Å². The van der Waals surface area contributed by atoms with E-state index in [-0.39, 0.29) is 12.6 Å². The number of anilines is 1. The third kappa shape index (κ3) is 3.35. The summed E-state index contributed by atoms with van der Waals surface area (Å²) in [6.45, 7) is 2.20. The Labute approximate surface area is 140 Å². The summed E-state index contributed by atoms with van der Waals surface area (Å²) < 4.78 is 1.73. The highest BCUT2D eigenvalue weighted by molar-refractivity contribution is 5.88. The van der Waals surface area contributed by atoms with Gasteiger partial charge in [-0.25, -0.2) is 9.97 Å². The molecular formula is C17H22N6O. The lowest BCUT2D eigenvalue weighted by atomic mass is 10.1. The molecule has 3 heterocycles. The molecule has 0 aliphatic rings. The van der Waals surface area contributed by atoms with Crippen LogP contribution < -0.4 is 5.32 Å². The maximum atomic E-state index is 9.64. The molecule has 0 saturated carbocycles. The fraction of sp³-hybridized carbons (Fsp3) is 0.412. The smallest absolute Gasteiger partial charge is 0.164 e. The van der Waals surface area contributed by atoms with Crippen LogP contribution >= 0.6 is 0 Å². The summed E-state index contributed by atoms with van der Waals surface area (Å²) in [6.07, 6.45) is 8.23. The number of nitrogens with one attached hydrogen (secondary N) is 1. The van der Waals surface area contributed by atoms with Crippen LogP contribution in [0.3, 0.4) is 0 Å². The number of aliphatic hydroxyl groups excluding tert-OH is 1. The summed E-state index contributed by atoms with van der Waals surface area (Å²) in [5, 5.41) is 18.1. The van der Waals surface area contributed by atoms with Crippen LogP contribution in [0.25, 0.3) is 22.4 Å². The first kappa shape index (κ1) is 16.3. The Morgan fingerprint density at radius 1 is 1.25 bits per heavy atom. The standard InChI is InChI=1S/C17H22N6O/c1-3-4-5-13(11-24)20-16-14-10-19-23(2)17(14)22-15(21-16)12-6-8-18-9-7-12/h6-10,13,24H,3-5,11H2,1-2H3,(H,20,21,22). The maximum absolute atomic E-state index is 9.64. The monoisotopic (exact) mass is 326 g/mol. The largest absolute Gasteiger partial charge is 0.394 e. The van der Waals surface area contributed by atoms with Crippen molar-refractivity contribution in [3.63, 3.8) is 0 Å². The normalized spacial score (nSPS) is 12.5. The Morgan fingerprint density at radius 3 is 2.75 bits per heavy atom. The summed E-state index contributed by atoms with van der Waals surface area (Å²) in [7, 11) is 1.86. The first-order chi connectivity index (χ1) is 11.7. The van der Waals surface area contributed by atoms with Crippen molar-refractivity contribution < 1.29 is 5.11 Å². The second-order valence-electron chi connectivity index (χ2n) is 5.80. The fourth-order valence-corrected chi connectivity index (χ4v) is 2.62. The zero-order valence-corrected chi connectivity index (χ0v) is 14.0. The molecule has 2 N–H and O–H groups in total. The number of hydrogen-bond acceptors (Lipinski definition) is 6. The average molecular weight is 326 g/mol. The molecule has 0 bridgehead atoms. The summed E-state index contributed by atoms with van der Waals surface area (Å²) in [5.41, 5.74) is 1.65. The molecule has 0 amide bonds. The van der Waals surface area contributed by atoms with E-state index in [1.165, 1.54) is 0 Å². The molecule has 126 valence electrons. The van der Waals surface area contributed by atoms with Gasteiger partial charge in [-0.3, -0.25) is 9.67 Å². The van der Waals surface area contributed by atoms with Gasteiger partial charge in [-0.2, -0.15) is 5.10 Å². The molecule has 0 radical (unpaired) electrons. The first-order valence-corrected chi connectivity index (χ1v) is 8.20. The second-order valence-corrected chi connectivity index (χ2v) is 5.80. The number of aliphatic hydroxyl groups is 1. The molecule has 0 spiro atoms. The van der Waals surface area contributed by atoms with Crippen molar-refractivity contribution in [3.8, 4) is 11.4 Å². The molecule has 3 aromatic heterocycles. The number of nitrogens with zero attached hydrogens (tertiary/aromatic N) is 5. The number of hydrogen-bond donors (Lipinski definition) is 2. The van der Waals surface area contributed by atoms with Gasteiger partial charge < -0.3 is 10.4 Å². The van der Waals surface area contributed by atoms with Crippen LogP contribution in [0.5, 0.6) is 0 Å². The van der Waals surface area contributed by atoms with Crippen molar-refractivity contribution in [2.24, 2.45) is 7.05 Å². The van der Waals surface area contributed by atoms with Crippen LogP contribution in [0.2, 0.25) is 0 Å². The predicted molar refractivity (Wildman–Crippen MR) is 93.6 cm³/mol. The third-order valence-corrected chi connectivity index (χ3v) is 4.00. The minimum Gasteiger partial charge on any atom is -0.394 e. The maximum Gasteiger partial charge on any atom is 0.164 e. The zero-order chi connectivity index (χ0) is 16.9. The van der Waals surface area contributed by atoms with Crippen LogP contribution in [-0.2, 0) is 7.05 Å². The summed E-state index contributed by atoms with van der Waals surface area (Å²) in [6, 6.07) is 3.72. The molecule has 3 rings (SSSR count). The number of pyridine rings is 1. The highest BCUT2D eigenvalue weighted by atomic mass is 16.3. The van der Waals surface area contributed by atoms with Crippen LogP contribution in [0.15, 0.2) is 30.7 Å². The van der Waals surface area contributed by atoms with Crippen molar-refractivity contribution in [1.29, 1.82) is 0 Å². The summed E-state index contributed by atoms with van der Waals surface area (Å²) >= 11 is 0. The highest BCUT2D eigenvalue weighted by Gasteiger charge is 2.15. The summed E-state index contributed by atoms with van der Waals surface area (Å²) in [4.78, 5) is 13.3. The predicted octanol–water partition coefficient (Wildman–Crippen LogP) is 2.39. The lowest BCUT2D eigenvalue weighted by Gasteiger charge is -2.17. The second kappa shape index (κ2) is 7.35. The van der Waals surface area contributed by atoms with E-state index in [9.17, 15) is 5.11 Å². The number of aromatic nitrogens is 5. The topological polar surface area (TPSA) is 88.8 Å². The first-order valence-electron chi connectivity index (χ1n) is 8.20. The van der Waals surface area contributed by atoms with Gasteiger partial charge >= 0.3 is 0 Å². The minimum atomic E-state index is -0.0338. The number of fused-ring (bicyclic) bond motifs is 1. The Morgan fingerprint density at radius 2 is 2.04 bits per heavy atom. The van der Waals surface area contributed by atoms with Crippen LogP contribution in [-0.4, -0.2) is 42.5 Å². The molecular weight excluding hydrogens is 304 g/mol. The van der Waals surface area contributed by atoms with Gasteiger partial charge in [-0.05, 0) is 18.6 Å². The van der Waals surface area contributed by atoms with Crippen molar-refractivity contribution in [1.82, 2.24) is 24.7 Å². The van der Waals surface area contributed by atoms with Gasteiger partial charge in [-0.1, -0.05) is 19.8 Å². The van der Waals surface area contributed by atoms with E-state index in [0.717, 1.165) is 35.9 Å². The van der Waals surface area contributed by atoms with E-state index >= 15 is 0 Å². The average Bonchev–Trinajstić information content (AvgIpc) is 3.00. The van der Waals surface area contributed by atoms with Gasteiger partial charge in [0.2, 0.25) is 0 Å². The number of aryl methyl sites for hydroxylation is 1. The van der Waals surface area contributed by atoms with Gasteiger partial charge in [0.25, 0.3) is 0 Å². The third-order valence-electron chi connectivity index (χ3n) is 4.00. The van der Waals surface area contributed by atoms with Gasteiger partial charge in [0.05, 0.1) is 24.2 Å². The van der Waals surface area contributed by atoms with Gasteiger partial charge in [0.15, 0.2) is 11.5 Å². The van der Waals surface area contributed by atoms with Crippen molar-refractivity contribution in [2.45, 2.75) is 32.2 Å². The molecule has 7 heteroatoms. The Kier molecular flexibility index (Phi) is 5.00. The molecule has 0 aliphatic heterocycles. The van der Waals surface area contributed by atoms with Gasteiger partial charge in [0, 0.05) is 25.0 Å². The molecule has 3 aromatic rings. The Hall–Kier alpha value is -2.54. The van der Waals surface area contributed by atoms with Crippen LogP contribution in [0.1, 0.15) is 26.2 Å². The molecule has 7 nitrogen and oxygen atoms in total. The van der Waals surface area contributed by atoms with Crippen molar-refractivity contribution >= 4 is 16.9 Å². The van der Waals surface area contributed by atoms with Crippen LogP contribution in [0.4, 0.5) is 5.82 Å².